The Morgan fingerprint density at radius 3 is 2.59 bits per heavy atom. The lowest BCUT2D eigenvalue weighted by Gasteiger charge is -2.14. The van der Waals surface area contributed by atoms with E-state index in [-0.39, 0.29) is 6.04 Å². The van der Waals surface area contributed by atoms with Crippen molar-refractivity contribution in [2.75, 3.05) is 5.32 Å². The highest BCUT2D eigenvalue weighted by Crippen LogP contribution is 2.36. The molecule has 0 amide bonds. The van der Waals surface area contributed by atoms with E-state index in [1.54, 1.807) is 0 Å². The van der Waals surface area contributed by atoms with Gasteiger partial charge in [0.15, 0.2) is 0 Å². The van der Waals surface area contributed by atoms with Gasteiger partial charge < -0.3 is 5.32 Å². The highest BCUT2D eigenvalue weighted by molar-refractivity contribution is 7.20. The van der Waals surface area contributed by atoms with E-state index >= 15 is 0 Å². The first-order valence-corrected chi connectivity index (χ1v) is 6.79. The summed E-state index contributed by atoms with van der Waals surface area (Å²) in [4.78, 5) is 0. The third-order valence-electron chi connectivity index (χ3n) is 2.64. The molecule has 6 heteroatoms. The maximum absolute atomic E-state index is 6.13. The van der Waals surface area contributed by atoms with Crippen LogP contribution in [-0.2, 0) is 0 Å². The molecule has 1 unspecified atom stereocenters. The molecule has 0 spiro atoms. The number of aromatic amines is 1. The third-order valence-corrected chi connectivity index (χ3v) is 4.16. The third kappa shape index (κ3) is 2.59. The topological polar surface area (TPSA) is 40.7 Å². The highest BCUT2D eigenvalue weighted by atomic mass is 35.5. The minimum atomic E-state index is 0.0984. The molecule has 2 aromatic rings. The number of aromatic nitrogens is 2. The van der Waals surface area contributed by atoms with Crippen molar-refractivity contribution in [3.63, 3.8) is 0 Å². The second kappa shape index (κ2) is 4.88. The summed E-state index contributed by atoms with van der Waals surface area (Å²) in [6, 6.07) is 2.00. The zero-order chi connectivity index (χ0) is 12.6. The average molecular weight is 290 g/mol. The van der Waals surface area contributed by atoms with E-state index in [0.717, 1.165) is 27.0 Å². The Bertz CT molecular complexity index is 513. The van der Waals surface area contributed by atoms with Gasteiger partial charge in [0, 0.05) is 5.56 Å². The summed E-state index contributed by atoms with van der Waals surface area (Å²) in [6.45, 7) is 5.99. The number of rotatable bonds is 3. The quantitative estimate of drug-likeness (QED) is 0.869. The van der Waals surface area contributed by atoms with Crippen molar-refractivity contribution >= 4 is 40.2 Å². The molecule has 1 atom stereocenters. The Morgan fingerprint density at radius 2 is 2.12 bits per heavy atom. The van der Waals surface area contributed by atoms with E-state index in [4.69, 9.17) is 23.2 Å². The lowest BCUT2D eigenvalue weighted by atomic mass is 10.1. The highest BCUT2D eigenvalue weighted by Gasteiger charge is 2.15. The second-order valence-corrected chi connectivity index (χ2v) is 6.24. The SMILES string of the molecule is Cc1n[nH]c(C)c1NC(C)c1cc(Cl)sc1Cl. The number of aryl methyl sites for hydroxylation is 2. The molecule has 0 fully saturated rings. The average Bonchev–Trinajstić information content (AvgIpc) is 2.74. The minimum absolute atomic E-state index is 0.0984. The van der Waals surface area contributed by atoms with Gasteiger partial charge in [-0.3, -0.25) is 5.10 Å². The van der Waals surface area contributed by atoms with Gasteiger partial charge >= 0.3 is 0 Å². The molecule has 17 heavy (non-hydrogen) atoms. The van der Waals surface area contributed by atoms with Crippen LogP contribution in [0.4, 0.5) is 5.69 Å². The monoisotopic (exact) mass is 289 g/mol. The summed E-state index contributed by atoms with van der Waals surface area (Å²) < 4.78 is 1.44. The maximum Gasteiger partial charge on any atom is 0.0996 e. The standard InChI is InChI=1S/C11H13Cl2N3S/c1-5(8-4-9(12)17-11(8)13)14-10-6(2)15-16-7(10)3/h4-5,14H,1-3H3,(H,15,16). The van der Waals surface area contributed by atoms with Crippen LogP contribution >= 0.6 is 34.5 Å². The van der Waals surface area contributed by atoms with Crippen LogP contribution in [0.25, 0.3) is 0 Å². The molecule has 0 aliphatic carbocycles. The fourth-order valence-electron chi connectivity index (χ4n) is 1.71. The fourth-order valence-corrected chi connectivity index (χ4v) is 3.35. The molecular weight excluding hydrogens is 277 g/mol. The van der Waals surface area contributed by atoms with Crippen LogP contribution in [-0.4, -0.2) is 10.2 Å². The van der Waals surface area contributed by atoms with Gasteiger partial charge in [-0.05, 0) is 26.8 Å². The summed E-state index contributed by atoms with van der Waals surface area (Å²) in [7, 11) is 0. The minimum Gasteiger partial charge on any atom is -0.375 e. The zero-order valence-electron chi connectivity index (χ0n) is 9.77. The predicted octanol–water partition coefficient (Wildman–Crippen LogP) is 4.57. The van der Waals surface area contributed by atoms with E-state index in [2.05, 4.69) is 22.4 Å². The largest absolute Gasteiger partial charge is 0.375 e. The smallest absolute Gasteiger partial charge is 0.0996 e. The van der Waals surface area contributed by atoms with Crippen molar-refractivity contribution in [2.45, 2.75) is 26.8 Å². The first-order valence-electron chi connectivity index (χ1n) is 5.22. The van der Waals surface area contributed by atoms with Gasteiger partial charge in [-0.2, -0.15) is 5.10 Å². The summed E-state index contributed by atoms with van der Waals surface area (Å²) in [5.41, 5.74) is 4.01. The molecule has 0 aromatic carbocycles. The van der Waals surface area contributed by atoms with Gasteiger partial charge in [-0.15, -0.1) is 11.3 Å². The molecule has 2 N–H and O–H groups in total. The number of nitrogens with zero attached hydrogens (tertiary/aromatic N) is 1. The van der Waals surface area contributed by atoms with E-state index in [1.807, 2.05) is 19.9 Å². The van der Waals surface area contributed by atoms with Crippen molar-refractivity contribution in [1.29, 1.82) is 0 Å². The van der Waals surface area contributed by atoms with Gasteiger partial charge in [0.2, 0.25) is 0 Å². The van der Waals surface area contributed by atoms with Crippen LogP contribution in [0.1, 0.15) is 29.9 Å². The molecule has 0 bridgehead atoms. The maximum atomic E-state index is 6.13. The van der Waals surface area contributed by atoms with Gasteiger partial charge in [0.1, 0.15) is 0 Å². The van der Waals surface area contributed by atoms with Crippen molar-refractivity contribution in [2.24, 2.45) is 0 Å². The summed E-state index contributed by atoms with van der Waals surface area (Å²) in [5, 5.41) is 10.5. The van der Waals surface area contributed by atoms with Crippen molar-refractivity contribution in [1.82, 2.24) is 10.2 Å². The van der Waals surface area contributed by atoms with E-state index in [0.29, 0.717) is 4.34 Å². The van der Waals surface area contributed by atoms with Crippen LogP contribution in [0.5, 0.6) is 0 Å². The van der Waals surface area contributed by atoms with Gasteiger partial charge in [0.05, 0.1) is 31.8 Å². The molecule has 0 aliphatic rings. The van der Waals surface area contributed by atoms with E-state index in [1.165, 1.54) is 11.3 Å². The first-order chi connectivity index (χ1) is 7.99. The summed E-state index contributed by atoms with van der Waals surface area (Å²) >= 11 is 13.5. The Balaban J connectivity index is 2.22. The van der Waals surface area contributed by atoms with Crippen LogP contribution in [0, 0.1) is 13.8 Å². The van der Waals surface area contributed by atoms with Crippen molar-refractivity contribution in [3.8, 4) is 0 Å². The molecule has 0 saturated carbocycles. The second-order valence-electron chi connectivity index (χ2n) is 3.95. The molecular formula is C11H13Cl2N3S. The summed E-state index contributed by atoms with van der Waals surface area (Å²) in [6.07, 6.45) is 0. The van der Waals surface area contributed by atoms with E-state index < -0.39 is 0 Å². The van der Waals surface area contributed by atoms with Crippen molar-refractivity contribution < 1.29 is 0 Å². The van der Waals surface area contributed by atoms with E-state index in [9.17, 15) is 0 Å². The lowest BCUT2D eigenvalue weighted by Crippen LogP contribution is -2.07. The number of hydrogen-bond donors (Lipinski definition) is 2. The van der Waals surface area contributed by atoms with Crippen LogP contribution in [0.15, 0.2) is 6.07 Å². The predicted molar refractivity (Wildman–Crippen MR) is 74.4 cm³/mol. The zero-order valence-corrected chi connectivity index (χ0v) is 12.1. The molecule has 92 valence electrons. The van der Waals surface area contributed by atoms with Gasteiger partial charge in [-0.1, -0.05) is 23.2 Å². The molecule has 0 radical (unpaired) electrons. The number of nitrogens with one attached hydrogen (secondary N) is 2. The Hall–Kier alpha value is -0.710. The summed E-state index contributed by atoms with van der Waals surface area (Å²) in [5.74, 6) is 0. The molecule has 0 aliphatic heterocycles. The Labute approximate surface area is 114 Å². The van der Waals surface area contributed by atoms with Gasteiger partial charge in [0.25, 0.3) is 0 Å². The van der Waals surface area contributed by atoms with Crippen LogP contribution in [0.2, 0.25) is 8.67 Å². The van der Waals surface area contributed by atoms with Crippen molar-refractivity contribution in [3.05, 3.63) is 31.7 Å². The number of thiophene rings is 1. The first kappa shape index (κ1) is 12.7. The number of H-pyrrole nitrogens is 1. The number of hydrogen-bond acceptors (Lipinski definition) is 3. The number of halogens is 2. The molecule has 2 rings (SSSR count). The Kier molecular flexibility index (Phi) is 3.66. The van der Waals surface area contributed by atoms with Crippen LogP contribution < -0.4 is 5.32 Å². The lowest BCUT2D eigenvalue weighted by molar-refractivity contribution is 0.886. The molecule has 3 nitrogen and oxygen atoms in total. The normalized spacial score (nSPS) is 12.8. The Morgan fingerprint density at radius 1 is 1.41 bits per heavy atom. The van der Waals surface area contributed by atoms with Crippen LogP contribution in [0.3, 0.4) is 0 Å². The van der Waals surface area contributed by atoms with Gasteiger partial charge in [-0.25, -0.2) is 0 Å². The molecule has 2 aromatic heterocycles. The molecule has 2 heterocycles. The fraction of sp³-hybridized carbons (Fsp3) is 0.364. The molecule has 0 saturated heterocycles. The number of anilines is 1.